The van der Waals surface area contributed by atoms with Gasteiger partial charge in [-0.2, -0.15) is 0 Å². The van der Waals surface area contributed by atoms with Crippen LogP contribution in [0.25, 0.3) is 0 Å². The van der Waals surface area contributed by atoms with Crippen molar-refractivity contribution in [2.75, 3.05) is 6.61 Å². The third kappa shape index (κ3) is 24.3. The van der Waals surface area contributed by atoms with E-state index < -0.39 is 28.8 Å². The predicted octanol–water partition coefficient (Wildman–Crippen LogP) is 14.8. The SMILES string of the molecule is CCCCC/C=C\C/C=C\C/C=C\C/C=C\CCCC(=O)N[C@@H](CO)[C@H](O[Si](C)(C)C(C)(C)C)[C@H](CCCCCCCCCc1ccccc1)O[Si](C)(C)C(C)(C)C. The van der Waals surface area contributed by atoms with E-state index in [9.17, 15) is 9.90 Å². The third-order valence-corrected chi connectivity index (χ3v) is 21.3. The minimum Gasteiger partial charge on any atom is -0.411 e. The Morgan fingerprint density at radius 3 is 1.66 bits per heavy atom. The molecule has 1 rings (SSSR count). The molecular formula is C51H91NO4Si2. The summed E-state index contributed by atoms with van der Waals surface area (Å²) in [6.07, 6.45) is 37.7. The Labute approximate surface area is 361 Å². The predicted molar refractivity (Wildman–Crippen MR) is 259 cm³/mol. The average molecular weight is 838 g/mol. The highest BCUT2D eigenvalue weighted by atomic mass is 28.4. The summed E-state index contributed by atoms with van der Waals surface area (Å²) in [6.45, 7) is 24.8. The zero-order valence-corrected chi connectivity index (χ0v) is 41.6. The van der Waals surface area contributed by atoms with Crippen LogP contribution in [0.15, 0.2) is 78.9 Å². The smallest absolute Gasteiger partial charge is 0.220 e. The lowest BCUT2D eigenvalue weighted by molar-refractivity contribution is -0.123. The Kier molecular flexibility index (Phi) is 28.0. The van der Waals surface area contributed by atoms with Gasteiger partial charge >= 0.3 is 0 Å². The fraction of sp³-hybridized carbons (Fsp3) is 0.706. The second-order valence-electron chi connectivity index (χ2n) is 19.6. The number of carbonyl (C=O) groups is 1. The van der Waals surface area contributed by atoms with Crippen molar-refractivity contribution < 1.29 is 18.8 Å². The van der Waals surface area contributed by atoms with E-state index in [4.69, 9.17) is 8.85 Å². The first-order valence-electron chi connectivity index (χ1n) is 23.3. The molecule has 0 saturated carbocycles. The molecule has 0 unspecified atom stereocenters. The molecule has 0 aromatic heterocycles. The Balaban J connectivity index is 2.82. The van der Waals surface area contributed by atoms with Gasteiger partial charge in [-0.05, 0) is 106 Å². The number of nitrogens with one attached hydrogen (secondary N) is 1. The van der Waals surface area contributed by atoms with Gasteiger partial charge in [0.1, 0.15) is 0 Å². The normalized spacial score (nSPS) is 15.0. The third-order valence-electron chi connectivity index (χ3n) is 12.3. The van der Waals surface area contributed by atoms with Gasteiger partial charge in [0.2, 0.25) is 5.91 Å². The highest BCUT2D eigenvalue weighted by molar-refractivity contribution is 6.74. The van der Waals surface area contributed by atoms with Gasteiger partial charge in [-0.3, -0.25) is 4.79 Å². The summed E-state index contributed by atoms with van der Waals surface area (Å²) in [5.74, 6) is -0.0305. The number of hydrogen-bond acceptors (Lipinski definition) is 4. The van der Waals surface area contributed by atoms with Crippen molar-refractivity contribution in [2.45, 2.75) is 225 Å². The summed E-state index contributed by atoms with van der Waals surface area (Å²) in [5.41, 5.74) is 1.43. The van der Waals surface area contributed by atoms with Crippen LogP contribution >= 0.6 is 0 Å². The van der Waals surface area contributed by atoms with E-state index in [1.54, 1.807) is 0 Å². The molecule has 3 atom stereocenters. The van der Waals surface area contributed by atoms with Crippen LogP contribution in [0.5, 0.6) is 0 Å². The summed E-state index contributed by atoms with van der Waals surface area (Å²) in [5, 5.41) is 14.1. The topological polar surface area (TPSA) is 67.8 Å². The first-order chi connectivity index (χ1) is 27.4. The molecule has 1 aromatic carbocycles. The van der Waals surface area contributed by atoms with Gasteiger partial charge < -0.3 is 19.3 Å². The van der Waals surface area contributed by atoms with Crippen LogP contribution in [-0.4, -0.2) is 52.5 Å². The van der Waals surface area contributed by atoms with Crippen LogP contribution in [0.2, 0.25) is 36.3 Å². The molecule has 7 heteroatoms. The highest BCUT2D eigenvalue weighted by Gasteiger charge is 2.46. The lowest BCUT2D eigenvalue weighted by Crippen LogP contribution is -2.59. The Morgan fingerprint density at radius 1 is 0.655 bits per heavy atom. The number of aliphatic hydroxyl groups is 1. The minimum atomic E-state index is -2.29. The van der Waals surface area contributed by atoms with E-state index in [1.807, 2.05) is 0 Å². The lowest BCUT2D eigenvalue weighted by atomic mass is 9.99. The number of unbranched alkanes of at least 4 members (excludes halogenated alkanes) is 10. The van der Waals surface area contributed by atoms with E-state index in [0.29, 0.717) is 6.42 Å². The van der Waals surface area contributed by atoms with Crippen molar-refractivity contribution in [3.8, 4) is 0 Å². The van der Waals surface area contributed by atoms with Gasteiger partial charge in [-0.15, -0.1) is 0 Å². The first kappa shape index (κ1) is 54.0. The van der Waals surface area contributed by atoms with Crippen molar-refractivity contribution in [1.29, 1.82) is 0 Å². The standard InChI is InChI=1S/C51H91NO4Si2/c1-12-13-14-15-16-17-18-19-20-21-22-23-24-25-29-32-38-43-48(54)52-46(44-53)49(56-58(10,11)51(5,6)7)47(55-57(8,9)50(2,3)4)42-37-31-28-26-27-30-34-39-45-40-35-33-36-41-45/h16-17,19-20,22-23,25,29,33,35-36,40-41,46-47,49,53H,12-15,18,21,24,26-28,30-32,34,37-39,42-44H2,1-11H3,(H,52,54)/b17-16-,20-19-,23-22-,29-25-/t46-,47-,49-/m0/s1. The van der Waals surface area contributed by atoms with Crippen molar-refractivity contribution in [1.82, 2.24) is 5.32 Å². The van der Waals surface area contributed by atoms with Gasteiger partial charge in [-0.1, -0.05) is 179 Å². The average Bonchev–Trinajstić information content (AvgIpc) is 3.15. The Morgan fingerprint density at radius 2 is 1.14 bits per heavy atom. The summed E-state index contributed by atoms with van der Waals surface area (Å²) >= 11 is 0. The van der Waals surface area contributed by atoms with E-state index in [1.165, 1.54) is 63.4 Å². The van der Waals surface area contributed by atoms with Crippen molar-refractivity contribution >= 4 is 22.5 Å². The number of aliphatic hydroxyl groups excluding tert-OH is 1. The second kappa shape index (κ2) is 30.1. The zero-order valence-electron chi connectivity index (χ0n) is 39.6. The maximum Gasteiger partial charge on any atom is 0.220 e. The molecule has 58 heavy (non-hydrogen) atoms. The van der Waals surface area contributed by atoms with Crippen LogP contribution in [0.3, 0.4) is 0 Å². The molecule has 0 aliphatic carbocycles. The van der Waals surface area contributed by atoms with Crippen molar-refractivity contribution in [3.05, 3.63) is 84.5 Å². The van der Waals surface area contributed by atoms with Gasteiger partial charge in [0.25, 0.3) is 0 Å². The number of amides is 1. The molecule has 1 aromatic rings. The molecule has 0 spiro atoms. The van der Waals surface area contributed by atoms with Gasteiger partial charge in [0, 0.05) is 6.42 Å². The molecule has 0 fully saturated rings. The summed E-state index contributed by atoms with van der Waals surface area (Å²) in [4.78, 5) is 13.5. The van der Waals surface area contributed by atoms with Crippen LogP contribution in [0.1, 0.15) is 170 Å². The molecule has 1 amide bonds. The second-order valence-corrected chi connectivity index (χ2v) is 29.1. The van der Waals surface area contributed by atoms with Crippen molar-refractivity contribution in [2.24, 2.45) is 0 Å². The number of hydrogen-bond donors (Lipinski definition) is 2. The van der Waals surface area contributed by atoms with E-state index in [-0.39, 0.29) is 28.7 Å². The summed E-state index contributed by atoms with van der Waals surface area (Å²) in [7, 11) is -4.50. The van der Waals surface area contributed by atoms with Crippen LogP contribution in [0.4, 0.5) is 0 Å². The fourth-order valence-corrected chi connectivity index (χ4v) is 9.15. The quantitative estimate of drug-likeness (QED) is 0.0431. The number of benzene rings is 1. The summed E-state index contributed by atoms with van der Waals surface area (Å²) < 4.78 is 14.5. The Hall–Kier alpha value is -2.04. The largest absolute Gasteiger partial charge is 0.411 e. The lowest BCUT2D eigenvalue weighted by Gasteiger charge is -2.47. The molecule has 2 N–H and O–H groups in total. The maximum absolute atomic E-state index is 13.5. The van der Waals surface area contributed by atoms with Crippen molar-refractivity contribution in [3.63, 3.8) is 0 Å². The fourth-order valence-electron chi connectivity index (χ4n) is 6.43. The summed E-state index contributed by atoms with van der Waals surface area (Å²) in [6, 6.07) is 10.3. The van der Waals surface area contributed by atoms with Gasteiger partial charge in [0.05, 0.1) is 24.9 Å². The molecule has 332 valence electrons. The molecule has 0 aliphatic heterocycles. The van der Waals surface area contributed by atoms with E-state index in [2.05, 4.69) is 159 Å². The number of allylic oxidation sites excluding steroid dienone is 8. The van der Waals surface area contributed by atoms with Gasteiger partial charge in [0.15, 0.2) is 16.6 Å². The number of carbonyl (C=O) groups excluding carboxylic acids is 1. The molecule has 0 saturated heterocycles. The highest BCUT2D eigenvalue weighted by Crippen LogP contribution is 2.41. The molecule has 0 heterocycles. The first-order valence-corrected chi connectivity index (χ1v) is 29.2. The monoisotopic (exact) mass is 838 g/mol. The molecule has 5 nitrogen and oxygen atoms in total. The minimum absolute atomic E-state index is 0.0234. The Bertz CT molecular complexity index is 1310. The van der Waals surface area contributed by atoms with E-state index >= 15 is 0 Å². The molecule has 0 bridgehead atoms. The molecular weight excluding hydrogens is 747 g/mol. The number of rotatable bonds is 32. The van der Waals surface area contributed by atoms with E-state index in [0.717, 1.165) is 57.8 Å². The zero-order chi connectivity index (χ0) is 43.3. The maximum atomic E-state index is 13.5. The molecule has 0 aliphatic rings. The molecule has 0 radical (unpaired) electrons. The van der Waals surface area contributed by atoms with Crippen LogP contribution in [-0.2, 0) is 20.1 Å². The van der Waals surface area contributed by atoms with Crippen LogP contribution in [0, 0.1) is 0 Å². The van der Waals surface area contributed by atoms with Crippen LogP contribution < -0.4 is 5.32 Å². The van der Waals surface area contributed by atoms with Gasteiger partial charge in [-0.25, -0.2) is 0 Å². The number of aryl methyl sites for hydroxylation is 1.